The van der Waals surface area contributed by atoms with Crippen molar-refractivity contribution in [3.05, 3.63) is 28.2 Å². The fraction of sp³-hybridized carbons (Fsp3) is 0.500. The van der Waals surface area contributed by atoms with Crippen LogP contribution in [0.1, 0.15) is 38.5 Å². The number of hydrogen-bond donors (Lipinski definition) is 1. The topological polar surface area (TPSA) is 49.4 Å². The lowest BCUT2D eigenvalue weighted by atomic mass is 9.95. The van der Waals surface area contributed by atoms with Gasteiger partial charge in [-0.2, -0.15) is 0 Å². The monoisotopic (exact) mass is 340 g/mol. The molecule has 1 aromatic carbocycles. The average molecular weight is 341 g/mol. The molecule has 1 aliphatic carbocycles. The lowest BCUT2D eigenvalue weighted by Crippen LogP contribution is -2.44. The number of carbonyl (C=O) groups is 2. The van der Waals surface area contributed by atoms with Crippen LogP contribution in [0.15, 0.2) is 18.2 Å². The van der Waals surface area contributed by atoms with Gasteiger partial charge in [0.25, 0.3) is 5.91 Å². The quantitative estimate of drug-likeness (QED) is 0.856. The summed E-state index contributed by atoms with van der Waals surface area (Å²) in [6.45, 7) is 0. The highest BCUT2D eigenvalue weighted by molar-refractivity contribution is 6.42. The van der Waals surface area contributed by atoms with E-state index >= 15 is 0 Å². The van der Waals surface area contributed by atoms with Crippen LogP contribution in [0.5, 0.6) is 0 Å². The van der Waals surface area contributed by atoms with E-state index < -0.39 is 6.04 Å². The minimum absolute atomic E-state index is 0.198. The third-order valence-electron chi connectivity index (χ3n) is 4.35. The molecule has 1 atom stereocenters. The van der Waals surface area contributed by atoms with Crippen molar-refractivity contribution in [2.75, 3.05) is 4.90 Å². The molecule has 1 unspecified atom stereocenters. The molecule has 2 fully saturated rings. The third kappa shape index (κ3) is 3.14. The number of nitrogens with zero attached hydrogens (tertiary/aromatic N) is 1. The minimum atomic E-state index is -0.426. The maximum Gasteiger partial charge on any atom is 0.251 e. The van der Waals surface area contributed by atoms with Crippen molar-refractivity contribution in [3.63, 3.8) is 0 Å². The Morgan fingerprint density at radius 2 is 1.77 bits per heavy atom. The highest BCUT2D eigenvalue weighted by atomic mass is 35.5. The minimum Gasteiger partial charge on any atom is -0.303 e. The predicted octanol–water partition coefficient (Wildman–Crippen LogP) is 3.55. The smallest absolute Gasteiger partial charge is 0.251 e. The molecular weight excluding hydrogens is 323 g/mol. The average Bonchev–Trinajstić information content (AvgIpc) is 2.78. The van der Waals surface area contributed by atoms with Gasteiger partial charge in [0.05, 0.1) is 28.2 Å². The third-order valence-corrected chi connectivity index (χ3v) is 5.09. The summed E-state index contributed by atoms with van der Waals surface area (Å²) in [5, 5.41) is 4.09. The fourth-order valence-corrected chi connectivity index (χ4v) is 3.50. The van der Waals surface area contributed by atoms with Gasteiger partial charge in [-0.05, 0) is 31.0 Å². The van der Waals surface area contributed by atoms with Crippen molar-refractivity contribution in [1.29, 1.82) is 0 Å². The van der Waals surface area contributed by atoms with E-state index in [0.717, 1.165) is 12.8 Å². The first-order valence-corrected chi connectivity index (χ1v) is 8.40. The summed E-state index contributed by atoms with van der Waals surface area (Å²) in [5.74, 6) is -0.398. The summed E-state index contributed by atoms with van der Waals surface area (Å²) in [7, 11) is 0. The summed E-state index contributed by atoms with van der Waals surface area (Å²) in [6.07, 6.45) is 5.97. The summed E-state index contributed by atoms with van der Waals surface area (Å²) in [4.78, 5) is 26.0. The number of amides is 2. The van der Waals surface area contributed by atoms with Crippen molar-refractivity contribution in [2.24, 2.45) is 0 Å². The molecular formula is C16H18Cl2N2O2. The Bertz CT molecular complexity index is 600. The van der Waals surface area contributed by atoms with Crippen LogP contribution in [-0.2, 0) is 9.59 Å². The highest BCUT2D eigenvalue weighted by Gasteiger charge is 2.40. The number of benzene rings is 1. The molecule has 2 aliphatic rings. The van der Waals surface area contributed by atoms with Crippen LogP contribution in [0.2, 0.25) is 10.0 Å². The second kappa shape index (κ2) is 6.57. The molecule has 0 spiro atoms. The second-order valence-electron chi connectivity index (χ2n) is 5.92. The van der Waals surface area contributed by atoms with Gasteiger partial charge in [0.1, 0.15) is 0 Å². The van der Waals surface area contributed by atoms with Gasteiger partial charge in [-0.1, -0.05) is 42.5 Å². The lowest BCUT2D eigenvalue weighted by molar-refractivity contribution is -0.121. The predicted molar refractivity (Wildman–Crippen MR) is 87.4 cm³/mol. The Balaban J connectivity index is 1.74. The van der Waals surface area contributed by atoms with E-state index in [-0.39, 0.29) is 18.2 Å². The number of rotatable bonds is 3. The summed E-state index contributed by atoms with van der Waals surface area (Å²) in [6, 6.07) is 4.71. The van der Waals surface area contributed by atoms with E-state index in [4.69, 9.17) is 23.2 Å². The Kier molecular flexibility index (Phi) is 4.71. The van der Waals surface area contributed by atoms with Gasteiger partial charge >= 0.3 is 0 Å². The van der Waals surface area contributed by atoms with E-state index in [2.05, 4.69) is 5.32 Å². The Hall–Kier alpha value is -1.10. The molecule has 1 saturated carbocycles. The molecule has 0 aromatic heterocycles. The zero-order chi connectivity index (χ0) is 15.7. The van der Waals surface area contributed by atoms with E-state index in [9.17, 15) is 9.59 Å². The number of nitrogens with one attached hydrogen (secondary N) is 1. The highest BCUT2D eigenvalue weighted by Crippen LogP contribution is 2.30. The maximum atomic E-state index is 12.6. The molecule has 1 saturated heterocycles. The second-order valence-corrected chi connectivity index (χ2v) is 6.74. The van der Waals surface area contributed by atoms with Gasteiger partial charge < -0.3 is 5.32 Å². The molecule has 118 valence electrons. The maximum absolute atomic E-state index is 12.6. The summed E-state index contributed by atoms with van der Waals surface area (Å²) in [5.41, 5.74) is 0.484. The first kappa shape index (κ1) is 15.8. The van der Waals surface area contributed by atoms with E-state index in [1.807, 2.05) is 0 Å². The summed E-state index contributed by atoms with van der Waals surface area (Å²) < 4.78 is 0. The Labute approximate surface area is 139 Å². The number of anilines is 1. The lowest BCUT2D eigenvalue weighted by Gasteiger charge is -2.25. The van der Waals surface area contributed by atoms with Crippen molar-refractivity contribution >= 4 is 40.7 Å². The van der Waals surface area contributed by atoms with Crippen LogP contribution in [0, 0.1) is 0 Å². The molecule has 1 N–H and O–H groups in total. The van der Waals surface area contributed by atoms with E-state index in [0.29, 0.717) is 21.8 Å². The van der Waals surface area contributed by atoms with Crippen LogP contribution >= 0.6 is 23.2 Å². The first-order valence-electron chi connectivity index (χ1n) is 7.64. The number of imide groups is 1. The van der Waals surface area contributed by atoms with Gasteiger partial charge in [0, 0.05) is 6.04 Å². The molecule has 22 heavy (non-hydrogen) atoms. The molecule has 3 rings (SSSR count). The molecule has 1 aromatic rings. The molecule has 1 aliphatic heterocycles. The molecule has 2 amide bonds. The molecule has 0 bridgehead atoms. The number of carbonyl (C=O) groups excluding carboxylic acids is 2. The zero-order valence-corrected chi connectivity index (χ0v) is 13.7. The Morgan fingerprint density at radius 1 is 1.05 bits per heavy atom. The normalized spacial score (nSPS) is 23.4. The van der Waals surface area contributed by atoms with Crippen molar-refractivity contribution < 1.29 is 9.59 Å². The van der Waals surface area contributed by atoms with Gasteiger partial charge in [-0.3, -0.25) is 9.59 Å². The molecule has 4 nitrogen and oxygen atoms in total. The van der Waals surface area contributed by atoms with Crippen LogP contribution in [0.4, 0.5) is 5.69 Å². The standard InChI is InChI=1S/C16H18Cl2N2O2/c17-12-7-6-11(8-13(12)18)20-15(21)9-14(16(20)22)19-10-4-2-1-3-5-10/h6-8,10,14,19H,1-5,9H2. The number of halogens is 2. The molecule has 0 radical (unpaired) electrons. The van der Waals surface area contributed by atoms with Crippen LogP contribution in [0.25, 0.3) is 0 Å². The van der Waals surface area contributed by atoms with Crippen molar-refractivity contribution in [2.45, 2.75) is 50.6 Å². The fourth-order valence-electron chi connectivity index (χ4n) is 3.21. The van der Waals surface area contributed by atoms with Crippen molar-refractivity contribution in [3.8, 4) is 0 Å². The van der Waals surface area contributed by atoms with Gasteiger partial charge in [-0.25, -0.2) is 4.90 Å². The van der Waals surface area contributed by atoms with Crippen LogP contribution < -0.4 is 10.2 Å². The Morgan fingerprint density at radius 3 is 2.45 bits per heavy atom. The van der Waals surface area contributed by atoms with E-state index in [1.165, 1.54) is 24.2 Å². The zero-order valence-electron chi connectivity index (χ0n) is 12.1. The summed E-state index contributed by atoms with van der Waals surface area (Å²) >= 11 is 11.9. The van der Waals surface area contributed by atoms with Gasteiger partial charge in [0.2, 0.25) is 5.91 Å². The largest absolute Gasteiger partial charge is 0.303 e. The van der Waals surface area contributed by atoms with Gasteiger partial charge in [0.15, 0.2) is 0 Å². The molecule has 1 heterocycles. The van der Waals surface area contributed by atoms with Crippen molar-refractivity contribution in [1.82, 2.24) is 5.32 Å². The molecule has 6 heteroatoms. The number of hydrogen-bond acceptors (Lipinski definition) is 3. The van der Waals surface area contributed by atoms with Crippen LogP contribution in [0.3, 0.4) is 0 Å². The SMILES string of the molecule is O=C1CC(NC2CCCCC2)C(=O)N1c1ccc(Cl)c(Cl)c1. The van der Waals surface area contributed by atoms with Gasteiger partial charge in [-0.15, -0.1) is 0 Å². The van der Waals surface area contributed by atoms with Crippen LogP contribution in [-0.4, -0.2) is 23.9 Å². The van der Waals surface area contributed by atoms with E-state index in [1.54, 1.807) is 18.2 Å². The first-order chi connectivity index (χ1) is 10.6.